The summed E-state index contributed by atoms with van der Waals surface area (Å²) in [6, 6.07) is 17.9. The minimum absolute atomic E-state index is 0.0796. The first kappa shape index (κ1) is 24.1. The van der Waals surface area contributed by atoms with Crippen molar-refractivity contribution in [3.05, 3.63) is 71.5 Å². The second kappa shape index (κ2) is 10.2. The highest BCUT2D eigenvalue weighted by Crippen LogP contribution is 2.35. The molecule has 0 bridgehead atoms. The highest BCUT2D eigenvalue weighted by molar-refractivity contribution is 5.96. The van der Waals surface area contributed by atoms with Gasteiger partial charge in [-0.2, -0.15) is 0 Å². The maximum atomic E-state index is 13.3. The van der Waals surface area contributed by atoms with Gasteiger partial charge in [-0.3, -0.25) is 9.59 Å². The number of nitrogens with zero attached hydrogens (tertiary/aromatic N) is 2. The number of piperidine rings is 1. The molecule has 0 spiro atoms. The Kier molecular flexibility index (Phi) is 6.84. The molecule has 3 heterocycles. The highest BCUT2D eigenvalue weighted by Gasteiger charge is 2.35. The molecule has 0 radical (unpaired) electrons. The average molecular weight is 485 g/mol. The first-order valence-corrected chi connectivity index (χ1v) is 12.8. The first-order valence-electron chi connectivity index (χ1n) is 12.8. The average Bonchev–Trinajstić information content (AvgIpc) is 3.18. The van der Waals surface area contributed by atoms with Crippen molar-refractivity contribution in [3.8, 4) is 11.8 Å². The van der Waals surface area contributed by atoms with Crippen LogP contribution in [0, 0.1) is 11.8 Å². The monoisotopic (exact) mass is 484 g/mol. The lowest BCUT2D eigenvalue weighted by atomic mass is 9.84. The van der Waals surface area contributed by atoms with Crippen LogP contribution in [0.4, 0.5) is 0 Å². The number of carbonyl (C=O) groups is 2. The van der Waals surface area contributed by atoms with E-state index in [1.807, 2.05) is 29.2 Å². The van der Waals surface area contributed by atoms with Crippen LogP contribution < -0.4 is 0 Å². The van der Waals surface area contributed by atoms with Gasteiger partial charge in [-0.1, -0.05) is 42.3 Å². The van der Waals surface area contributed by atoms with Crippen LogP contribution >= 0.6 is 0 Å². The normalized spacial score (nSPS) is 19.9. The number of rotatable bonds is 3. The number of fused-ring (bicyclic) bond motifs is 1. The summed E-state index contributed by atoms with van der Waals surface area (Å²) in [7, 11) is 0. The van der Waals surface area contributed by atoms with E-state index in [2.05, 4.69) is 36.1 Å². The quantitative estimate of drug-likeness (QED) is 0.548. The molecule has 2 fully saturated rings. The minimum Gasteiger partial charge on any atom is -0.451 e. The zero-order chi connectivity index (χ0) is 25.1. The van der Waals surface area contributed by atoms with Gasteiger partial charge in [0.15, 0.2) is 5.76 Å². The molecule has 1 unspecified atom stereocenters. The van der Waals surface area contributed by atoms with E-state index in [0.717, 1.165) is 36.8 Å². The van der Waals surface area contributed by atoms with E-state index in [-0.39, 0.29) is 11.8 Å². The third kappa shape index (κ3) is 4.89. The molecule has 2 saturated heterocycles. The summed E-state index contributed by atoms with van der Waals surface area (Å²) in [5.74, 6) is 5.74. The van der Waals surface area contributed by atoms with E-state index < -0.39 is 5.60 Å². The van der Waals surface area contributed by atoms with Crippen molar-refractivity contribution in [1.29, 1.82) is 0 Å². The smallest absolute Gasteiger partial charge is 0.298 e. The maximum absolute atomic E-state index is 13.3. The summed E-state index contributed by atoms with van der Waals surface area (Å²) in [6.45, 7) is 3.98. The van der Waals surface area contributed by atoms with Gasteiger partial charge in [-0.15, -0.1) is 0 Å². The van der Waals surface area contributed by atoms with E-state index in [1.54, 1.807) is 17.9 Å². The molecule has 2 aliphatic rings. The Morgan fingerprint density at radius 1 is 0.972 bits per heavy atom. The van der Waals surface area contributed by atoms with Crippen LogP contribution in [-0.4, -0.2) is 52.9 Å². The Morgan fingerprint density at radius 2 is 1.75 bits per heavy atom. The minimum atomic E-state index is -1.02. The van der Waals surface area contributed by atoms with Gasteiger partial charge in [0.25, 0.3) is 11.8 Å². The summed E-state index contributed by atoms with van der Waals surface area (Å²) in [6.07, 6.45) is 3.86. The second-order valence-electron chi connectivity index (χ2n) is 9.89. The molecule has 2 aromatic carbocycles. The highest BCUT2D eigenvalue weighted by atomic mass is 16.3. The summed E-state index contributed by atoms with van der Waals surface area (Å²) < 4.78 is 5.95. The van der Waals surface area contributed by atoms with Gasteiger partial charge in [0.1, 0.15) is 5.58 Å². The van der Waals surface area contributed by atoms with Gasteiger partial charge in [-0.25, -0.2) is 0 Å². The van der Waals surface area contributed by atoms with Crippen LogP contribution in [0.15, 0.2) is 59.0 Å². The molecule has 3 aromatic rings. The fourth-order valence-electron chi connectivity index (χ4n) is 5.51. The Balaban J connectivity index is 1.28. The van der Waals surface area contributed by atoms with Crippen molar-refractivity contribution in [1.82, 2.24) is 9.80 Å². The summed E-state index contributed by atoms with van der Waals surface area (Å²) in [4.78, 5) is 28.9. The zero-order valence-electron chi connectivity index (χ0n) is 20.7. The third-order valence-electron chi connectivity index (χ3n) is 7.66. The molecule has 0 aliphatic carbocycles. The standard InChI is InChI=1S/C30H32N2O4/c1-2-7-28(33)31-18-14-30(35,15-19-31)25-11-12-26-24(20-25)21-27(36-26)29(34)32-16-6-10-23(13-17-32)22-8-4-3-5-9-22/h3-5,8-9,11-12,20-21,23,35H,6,10,13-19H2,1H3. The van der Waals surface area contributed by atoms with E-state index in [0.29, 0.717) is 49.7 Å². The number of likely N-dealkylation sites (tertiary alicyclic amines) is 2. The molecule has 6 nitrogen and oxygen atoms in total. The molecule has 2 aliphatic heterocycles. The van der Waals surface area contributed by atoms with Crippen LogP contribution in [0.1, 0.15) is 66.6 Å². The van der Waals surface area contributed by atoms with Crippen LogP contribution in [0.5, 0.6) is 0 Å². The van der Waals surface area contributed by atoms with Gasteiger partial charge >= 0.3 is 0 Å². The number of amides is 2. The lowest BCUT2D eigenvalue weighted by Gasteiger charge is -2.37. The predicted octanol–water partition coefficient (Wildman–Crippen LogP) is 4.68. The van der Waals surface area contributed by atoms with Crippen molar-refractivity contribution < 1.29 is 19.1 Å². The van der Waals surface area contributed by atoms with Crippen molar-refractivity contribution >= 4 is 22.8 Å². The fraction of sp³-hybridized carbons (Fsp3) is 0.400. The van der Waals surface area contributed by atoms with Crippen molar-refractivity contribution in [3.63, 3.8) is 0 Å². The predicted molar refractivity (Wildman–Crippen MR) is 138 cm³/mol. The topological polar surface area (TPSA) is 74.0 Å². The number of benzene rings is 2. The summed E-state index contributed by atoms with van der Waals surface area (Å²) in [5, 5.41) is 12.1. The molecule has 1 atom stereocenters. The summed E-state index contributed by atoms with van der Waals surface area (Å²) >= 11 is 0. The number of hydrogen-bond donors (Lipinski definition) is 1. The Bertz CT molecular complexity index is 1310. The van der Waals surface area contributed by atoms with Gasteiger partial charge in [0.2, 0.25) is 0 Å². The number of carbonyl (C=O) groups excluding carboxylic acids is 2. The Hall–Kier alpha value is -3.56. The van der Waals surface area contributed by atoms with Gasteiger partial charge < -0.3 is 19.3 Å². The van der Waals surface area contributed by atoms with Crippen LogP contribution in [-0.2, 0) is 10.4 Å². The number of aliphatic hydroxyl groups is 1. The lowest BCUT2D eigenvalue weighted by molar-refractivity contribution is -0.129. The van der Waals surface area contributed by atoms with Crippen molar-refractivity contribution in [2.45, 2.75) is 50.5 Å². The summed E-state index contributed by atoms with van der Waals surface area (Å²) in [5.41, 5.74) is 1.73. The molecule has 1 aromatic heterocycles. The molecule has 6 heteroatoms. The van der Waals surface area contributed by atoms with Crippen molar-refractivity contribution in [2.24, 2.45) is 0 Å². The Labute approximate surface area is 211 Å². The molecular weight excluding hydrogens is 452 g/mol. The maximum Gasteiger partial charge on any atom is 0.298 e. The van der Waals surface area contributed by atoms with Gasteiger partial charge in [0.05, 0.1) is 5.60 Å². The number of furan rings is 1. The largest absolute Gasteiger partial charge is 0.451 e. The van der Waals surface area contributed by atoms with Crippen LogP contribution in [0.25, 0.3) is 11.0 Å². The van der Waals surface area contributed by atoms with Gasteiger partial charge in [0, 0.05) is 31.6 Å². The Morgan fingerprint density at radius 3 is 2.50 bits per heavy atom. The SMILES string of the molecule is CC#CC(=O)N1CCC(O)(c2ccc3oc(C(=O)N4CCCC(c5ccccc5)CC4)cc3c2)CC1. The molecular formula is C30H32N2O4. The van der Waals surface area contributed by atoms with E-state index in [1.165, 1.54) is 5.56 Å². The third-order valence-corrected chi connectivity index (χ3v) is 7.66. The molecule has 5 rings (SSSR count). The molecule has 2 amide bonds. The van der Waals surface area contributed by atoms with Crippen LogP contribution in [0.2, 0.25) is 0 Å². The van der Waals surface area contributed by atoms with Crippen molar-refractivity contribution in [2.75, 3.05) is 26.2 Å². The zero-order valence-corrected chi connectivity index (χ0v) is 20.7. The first-order chi connectivity index (χ1) is 17.5. The van der Waals surface area contributed by atoms with E-state index in [9.17, 15) is 14.7 Å². The lowest BCUT2D eigenvalue weighted by Crippen LogP contribution is -2.44. The van der Waals surface area contributed by atoms with E-state index in [4.69, 9.17) is 4.42 Å². The molecule has 0 saturated carbocycles. The van der Waals surface area contributed by atoms with E-state index >= 15 is 0 Å². The number of hydrogen-bond acceptors (Lipinski definition) is 4. The second-order valence-corrected chi connectivity index (χ2v) is 9.89. The van der Waals surface area contributed by atoms with Gasteiger partial charge in [-0.05, 0) is 80.2 Å². The molecule has 36 heavy (non-hydrogen) atoms. The fourth-order valence-corrected chi connectivity index (χ4v) is 5.51. The molecule has 186 valence electrons. The van der Waals surface area contributed by atoms with Crippen LogP contribution in [0.3, 0.4) is 0 Å². The molecule has 1 N–H and O–H groups in total.